The van der Waals surface area contributed by atoms with Gasteiger partial charge >= 0.3 is 0 Å². The number of ether oxygens (including phenoxy) is 3. The smallest absolute Gasteiger partial charge is 0.216 e. The lowest BCUT2D eigenvalue weighted by molar-refractivity contribution is 0.351. The molecule has 0 spiro atoms. The number of nitrogens with zero attached hydrogens (tertiary/aromatic N) is 2. The fourth-order valence-electron chi connectivity index (χ4n) is 2.05. The number of hydrogen-bond donors (Lipinski definition) is 0. The number of rotatable bonds is 6. The third-order valence-electron chi connectivity index (χ3n) is 3.07. The third-order valence-corrected chi connectivity index (χ3v) is 3.46. The van der Waals surface area contributed by atoms with Crippen LogP contribution in [0.3, 0.4) is 0 Å². The Bertz CT molecular complexity index is 607. The van der Waals surface area contributed by atoms with Gasteiger partial charge in [0.25, 0.3) is 0 Å². The van der Waals surface area contributed by atoms with Crippen LogP contribution >= 0.6 is 11.6 Å². The van der Waals surface area contributed by atoms with Crippen molar-refractivity contribution in [2.45, 2.75) is 11.8 Å². The van der Waals surface area contributed by atoms with E-state index < -0.39 is 0 Å². The number of para-hydroxylation sites is 1. The molecule has 2 aromatic rings. The van der Waals surface area contributed by atoms with Crippen LogP contribution in [0.5, 0.6) is 17.4 Å². The van der Waals surface area contributed by atoms with Crippen molar-refractivity contribution in [3.05, 3.63) is 41.9 Å². The van der Waals surface area contributed by atoms with Gasteiger partial charge in [0.1, 0.15) is 6.33 Å². The monoisotopic (exact) mass is 308 g/mol. The maximum Gasteiger partial charge on any atom is 0.216 e. The SMILES string of the molecule is COc1cc(CC(Cl)c2cccc(OC)c2OC)ncn1. The van der Waals surface area contributed by atoms with Crippen molar-refractivity contribution in [3.63, 3.8) is 0 Å². The molecule has 6 heteroatoms. The highest BCUT2D eigenvalue weighted by Crippen LogP contribution is 2.38. The highest BCUT2D eigenvalue weighted by molar-refractivity contribution is 6.21. The van der Waals surface area contributed by atoms with Gasteiger partial charge in [0.15, 0.2) is 11.5 Å². The van der Waals surface area contributed by atoms with Crippen LogP contribution in [-0.4, -0.2) is 31.3 Å². The van der Waals surface area contributed by atoms with Crippen LogP contribution in [0.2, 0.25) is 0 Å². The normalized spacial score (nSPS) is 11.8. The minimum Gasteiger partial charge on any atom is -0.493 e. The molecule has 0 saturated carbocycles. The Hall–Kier alpha value is -2.01. The van der Waals surface area contributed by atoms with E-state index in [-0.39, 0.29) is 5.38 Å². The fourth-order valence-corrected chi connectivity index (χ4v) is 2.38. The lowest BCUT2D eigenvalue weighted by Gasteiger charge is -2.16. The van der Waals surface area contributed by atoms with Crippen LogP contribution in [0.25, 0.3) is 0 Å². The van der Waals surface area contributed by atoms with E-state index in [0.717, 1.165) is 11.3 Å². The summed E-state index contributed by atoms with van der Waals surface area (Å²) in [5, 5.41) is -0.297. The van der Waals surface area contributed by atoms with Gasteiger partial charge in [-0.05, 0) is 6.07 Å². The van der Waals surface area contributed by atoms with Gasteiger partial charge in [-0.1, -0.05) is 12.1 Å². The van der Waals surface area contributed by atoms with Crippen LogP contribution < -0.4 is 14.2 Å². The molecule has 0 saturated heterocycles. The number of methoxy groups -OCH3 is 3. The summed E-state index contributed by atoms with van der Waals surface area (Å²) in [6.07, 6.45) is 1.99. The van der Waals surface area contributed by atoms with Gasteiger partial charge in [0.05, 0.1) is 26.7 Å². The molecule has 0 aliphatic rings. The highest BCUT2D eigenvalue weighted by atomic mass is 35.5. The Morgan fingerprint density at radius 3 is 2.57 bits per heavy atom. The molecule has 1 atom stereocenters. The Kier molecular flexibility index (Phi) is 5.22. The number of benzene rings is 1. The molecule has 1 heterocycles. The first-order chi connectivity index (χ1) is 10.2. The Labute approximate surface area is 128 Å². The molecule has 0 radical (unpaired) electrons. The average Bonchev–Trinajstić information content (AvgIpc) is 2.53. The fraction of sp³-hybridized carbons (Fsp3) is 0.333. The molecule has 1 aromatic heterocycles. The lowest BCUT2D eigenvalue weighted by Crippen LogP contribution is -2.03. The molecular formula is C15H17ClN2O3. The van der Waals surface area contributed by atoms with Gasteiger partial charge in [0.2, 0.25) is 5.88 Å². The predicted molar refractivity (Wildman–Crippen MR) is 80.4 cm³/mol. The van der Waals surface area contributed by atoms with Crippen molar-refractivity contribution in [2.24, 2.45) is 0 Å². The van der Waals surface area contributed by atoms with Gasteiger partial charge < -0.3 is 14.2 Å². The summed E-state index contributed by atoms with van der Waals surface area (Å²) in [7, 11) is 4.76. The Balaban J connectivity index is 2.25. The van der Waals surface area contributed by atoms with Crippen molar-refractivity contribution in [2.75, 3.05) is 21.3 Å². The van der Waals surface area contributed by atoms with Crippen LogP contribution in [0.4, 0.5) is 0 Å². The Morgan fingerprint density at radius 1 is 1.10 bits per heavy atom. The highest BCUT2D eigenvalue weighted by Gasteiger charge is 2.18. The standard InChI is InChI=1S/C15H17ClN2O3/c1-19-13-6-4-5-11(15(13)21-3)12(16)7-10-8-14(20-2)18-9-17-10/h4-6,8-9,12H,7H2,1-3H3. The second kappa shape index (κ2) is 7.13. The maximum absolute atomic E-state index is 6.51. The lowest BCUT2D eigenvalue weighted by atomic mass is 10.1. The zero-order chi connectivity index (χ0) is 15.2. The molecule has 5 nitrogen and oxygen atoms in total. The Morgan fingerprint density at radius 2 is 1.90 bits per heavy atom. The molecule has 0 aliphatic carbocycles. The summed E-state index contributed by atoms with van der Waals surface area (Å²) in [6.45, 7) is 0. The van der Waals surface area contributed by atoms with Gasteiger partial charge in [-0.2, -0.15) is 0 Å². The molecule has 0 N–H and O–H groups in total. The minimum atomic E-state index is -0.297. The molecule has 0 bridgehead atoms. The van der Waals surface area contributed by atoms with Crippen molar-refractivity contribution in [1.29, 1.82) is 0 Å². The predicted octanol–water partition coefficient (Wildman–Crippen LogP) is 3.03. The van der Waals surface area contributed by atoms with E-state index in [4.69, 9.17) is 25.8 Å². The quantitative estimate of drug-likeness (QED) is 0.768. The van der Waals surface area contributed by atoms with E-state index in [0.29, 0.717) is 23.8 Å². The second-order valence-corrected chi connectivity index (χ2v) is 4.83. The van der Waals surface area contributed by atoms with Crippen molar-refractivity contribution in [1.82, 2.24) is 9.97 Å². The minimum absolute atomic E-state index is 0.297. The number of alkyl halides is 1. The van der Waals surface area contributed by atoms with Crippen LogP contribution in [-0.2, 0) is 6.42 Å². The summed E-state index contributed by atoms with van der Waals surface area (Å²) in [5.74, 6) is 1.81. The van der Waals surface area contributed by atoms with Crippen molar-refractivity contribution in [3.8, 4) is 17.4 Å². The van der Waals surface area contributed by atoms with E-state index in [1.54, 1.807) is 27.4 Å². The summed E-state index contributed by atoms with van der Waals surface area (Å²) >= 11 is 6.51. The second-order valence-electron chi connectivity index (χ2n) is 4.31. The summed E-state index contributed by atoms with van der Waals surface area (Å²) < 4.78 is 15.8. The first kappa shape index (κ1) is 15.4. The first-order valence-corrected chi connectivity index (χ1v) is 6.83. The molecule has 21 heavy (non-hydrogen) atoms. The molecule has 1 aromatic carbocycles. The molecule has 0 aliphatic heterocycles. The van der Waals surface area contributed by atoms with E-state index in [9.17, 15) is 0 Å². The van der Waals surface area contributed by atoms with Gasteiger partial charge in [0, 0.05) is 23.7 Å². The molecule has 112 valence electrons. The van der Waals surface area contributed by atoms with E-state index in [1.165, 1.54) is 6.33 Å². The molecular weight excluding hydrogens is 292 g/mol. The van der Waals surface area contributed by atoms with Crippen LogP contribution in [0.1, 0.15) is 16.6 Å². The van der Waals surface area contributed by atoms with Gasteiger partial charge in [-0.15, -0.1) is 11.6 Å². The van der Waals surface area contributed by atoms with Gasteiger partial charge in [-0.3, -0.25) is 0 Å². The average molecular weight is 309 g/mol. The largest absolute Gasteiger partial charge is 0.493 e. The molecule has 0 fully saturated rings. The molecule has 1 unspecified atom stereocenters. The number of hydrogen-bond acceptors (Lipinski definition) is 5. The number of aromatic nitrogens is 2. The topological polar surface area (TPSA) is 53.5 Å². The first-order valence-electron chi connectivity index (χ1n) is 6.39. The zero-order valence-corrected chi connectivity index (χ0v) is 12.9. The van der Waals surface area contributed by atoms with Crippen LogP contribution in [0, 0.1) is 0 Å². The third kappa shape index (κ3) is 3.55. The van der Waals surface area contributed by atoms with Crippen molar-refractivity contribution >= 4 is 11.6 Å². The van der Waals surface area contributed by atoms with E-state index in [2.05, 4.69) is 9.97 Å². The van der Waals surface area contributed by atoms with E-state index >= 15 is 0 Å². The number of halogens is 1. The van der Waals surface area contributed by atoms with E-state index in [1.807, 2.05) is 18.2 Å². The van der Waals surface area contributed by atoms with Crippen molar-refractivity contribution < 1.29 is 14.2 Å². The van der Waals surface area contributed by atoms with Gasteiger partial charge in [-0.25, -0.2) is 9.97 Å². The summed E-state index contributed by atoms with van der Waals surface area (Å²) in [6, 6.07) is 7.39. The zero-order valence-electron chi connectivity index (χ0n) is 12.2. The van der Waals surface area contributed by atoms with Crippen LogP contribution in [0.15, 0.2) is 30.6 Å². The summed E-state index contributed by atoms with van der Waals surface area (Å²) in [5.41, 5.74) is 1.66. The summed E-state index contributed by atoms with van der Waals surface area (Å²) in [4.78, 5) is 8.18. The molecule has 2 rings (SSSR count). The molecule has 0 amide bonds. The maximum atomic E-state index is 6.51.